The van der Waals surface area contributed by atoms with Gasteiger partial charge in [0, 0.05) is 14.9 Å². The number of hydrogen-bond acceptors (Lipinski definition) is 5. The van der Waals surface area contributed by atoms with Crippen LogP contribution in [0, 0.1) is 0 Å². The molecule has 4 rings (SSSR count). The van der Waals surface area contributed by atoms with E-state index in [9.17, 15) is 13.2 Å². The van der Waals surface area contributed by atoms with Gasteiger partial charge in [0.25, 0.3) is 0 Å². The summed E-state index contributed by atoms with van der Waals surface area (Å²) in [5.41, 5.74) is 1.98. The Bertz CT molecular complexity index is 1430. The first kappa shape index (κ1) is 20.9. The maximum atomic E-state index is 13.4. The van der Waals surface area contributed by atoms with E-state index >= 15 is 0 Å². The van der Waals surface area contributed by atoms with Crippen molar-refractivity contribution < 1.29 is 12.8 Å². The molecule has 3 aromatic carbocycles. The smallest absolute Gasteiger partial charge is 0.238 e. The summed E-state index contributed by atoms with van der Waals surface area (Å²) in [5, 5.41) is 5.68. The topological polar surface area (TPSA) is 90.4 Å². The van der Waals surface area contributed by atoms with Crippen LogP contribution in [0.1, 0.15) is 0 Å². The Labute approximate surface area is 186 Å². The SMILES string of the molecule is CSc1ccc(-c2c(-c3ccc(S(N)(=O)=O)cc3)oc3ccccc3c2=O)cc1Br. The maximum Gasteiger partial charge on any atom is 0.238 e. The van der Waals surface area contributed by atoms with E-state index in [2.05, 4.69) is 15.9 Å². The first-order chi connectivity index (χ1) is 14.3. The first-order valence-electron chi connectivity index (χ1n) is 8.82. The van der Waals surface area contributed by atoms with E-state index in [-0.39, 0.29) is 10.3 Å². The highest BCUT2D eigenvalue weighted by atomic mass is 79.9. The summed E-state index contributed by atoms with van der Waals surface area (Å²) in [5.74, 6) is 0.364. The van der Waals surface area contributed by atoms with Crippen molar-refractivity contribution in [3.05, 3.63) is 81.4 Å². The number of nitrogens with two attached hydrogens (primary N) is 1. The van der Waals surface area contributed by atoms with Crippen LogP contribution >= 0.6 is 27.7 Å². The highest BCUT2D eigenvalue weighted by Crippen LogP contribution is 2.36. The zero-order valence-electron chi connectivity index (χ0n) is 15.8. The minimum Gasteiger partial charge on any atom is -0.455 e. The van der Waals surface area contributed by atoms with Crippen molar-refractivity contribution in [1.82, 2.24) is 0 Å². The fraction of sp³-hybridized carbons (Fsp3) is 0.0455. The molecule has 0 atom stereocenters. The van der Waals surface area contributed by atoms with Gasteiger partial charge in [0.1, 0.15) is 11.3 Å². The number of benzene rings is 3. The second kappa shape index (κ2) is 8.03. The third-order valence-electron chi connectivity index (χ3n) is 4.68. The molecular formula is C22H16BrNO4S2. The number of fused-ring (bicyclic) bond motifs is 1. The van der Waals surface area contributed by atoms with Gasteiger partial charge in [-0.05, 0) is 76.3 Å². The predicted octanol–water partition coefficient (Wildman–Crippen LogP) is 5.26. The summed E-state index contributed by atoms with van der Waals surface area (Å²) in [4.78, 5) is 14.5. The number of rotatable bonds is 4. The molecule has 0 aliphatic rings. The summed E-state index contributed by atoms with van der Waals surface area (Å²) >= 11 is 5.15. The summed E-state index contributed by atoms with van der Waals surface area (Å²) in [7, 11) is -3.82. The highest BCUT2D eigenvalue weighted by Gasteiger charge is 2.19. The molecule has 0 radical (unpaired) electrons. The average molecular weight is 502 g/mol. The van der Waals surface area contributed by atoms with Gasteiger partial charge in [-0.2, -0.15) is 0 Å². The van der Waals surface area contributed by atoms with Crippen molar-refractivity contribution in [2.75, 3.05) is 6.26 Å². The largest absolute Gasteiger partial charge is 0.455 e. The molecule has 152 valence electrons. The van der Waals surface area contributed by atoms with Gasteiger partial charge in [0.15, 0.2) is 0 Å². The predicted molar refractivity (Wildman–Crippen MR) is 124 cm³/mol. The molecule has 0 bridgehead atoms. The van der Waals surface area contributed by atoms with Crippen LogP contribution in [0.5, 0.6) is 0 Å². The van der Waals surface area contributed by atoms with Crippen LogP contribution in [-0.2, 0) is 10.0 Å². The van der Waals surface area contributed by atoms with Gasteiger partial charge >= 0.3 is 0 Å². The number of thioether (sulfide) groups is 1. The average Bonchev–Trinajstić information content (AvgIpc) is 2.73. The van der Waals surface area contributed by atoms with E-state index in [0.717, 1.165) is 9.37 Å². The summed E-state index contributed by atoms with van der Waals surface area (Å²) in [6, 6.07) is 18.7. The minimum atomic E-state index is -3.82. The van der Waals surface area contributed by atoms with Crippen LogP contribution in [-0.4, -0.2) is 14.7 Å². The van der Waals surface area contributed by atoms with E-state index in [0.29, 0.717) is 33.4 Å². The van der Waals surface area contributed by atoms with E-state index < -0.39 is 10.0 Å². The monoisotopic (exact) mass is 501 g/mol. The Morgan fingerprint density at radius 2 is 1.63 bits per heavy atom. The van der Waals surface area contributed by atoms with Crippen LogP contribution in [0.15, 0.2) is 90.2 Å². The van der Waals surface area contributed by atoms with E-state index in [1.54, 1.807) is 48.2 Å². The molecule has 8 heteroatoms. The lowest BCUT2D eigenvalue weighted by Gasteiger charge is -2.12. The molecule has 1 heterocycles. The minimum absolute atomic E-state index is 0.0111. The molecule has 5 nitrogen and oxygen atoms in total. The third kappa shape index (κ3) is 3.83. The van der Waals surface area contributed by atoms with Crippen LogP contribution < -0.4 is 10.6 Å². The van der Waals surface area contributed by atoms with Crippen LogP contribution in [0.4, 0.5) is 0 Å². The summed E-state index contributed by atoms with van der Waals surface area (Å²) in [6.07, 6.45) is 1.97. The first-order valence-corrected chi connectivity index (χ1v) is 12.4. The normalized spacial score (nSPS) is 11.7. The molecule has 0 fully saturated rings. The molecule has 0 amide bonds. The van der Waals surface area contributed by atoms with E-state index in [4.69, 9.17) is 9.56 Å². The Kier molecular flexibility index (Phi) is 5.59. The second-order valence-electron chi connectivity index (χ2n) is 6.55. The molecule has 0 unspecified atom stereocenters. The number of sulfonamides is 1. The fourth-order valence-corrected chi connectivity index (χ4v) is 5.06. The lowest BCUT2D eigenvalue weighted by molar-refractivity contribution is 0.597. The molecule has 0 saturated heterocycles. The lowest BCUT2D eigenvalue weighted by atomic mass is 9.98. The van der Waals surface area contributed by atoms with Gasteiger partial charge in [0.05, 0.1) is 15.8 Å². The number of halogens is 1. The number of hydrogen-bond donors (Lipinski definition) is 1. The number of primary sulfonamides is 1. The summed E-state index contributed by atoms with van der Waals surface area (Å²) < 4.78 is 30.2. The zero-order valence-corrected chi connectivity index (χ0v) is 19.0. The van der Waals surface area contributed by atoms with Crippen molar-refractivity contribution in [2.45, 2.75) is 9.79 Å². The molecule has 0 spiro atoms. The van der Waals surface area contributed by atoms with Crippen molar-refractivity contribution in [3.8, 4) is 22.5 Å². The van der Waals surface area contributed by atoms with E-state index in [1.807, 2.05) is 24.5 Å². The standard InChI is InChI=1S/C22H16BrNO4S2/c1-29-19-11-8-14(12-17(19)23)20-21(25)16-4-2-3-5-18(16)28-22(20)13-6-9-15(10-7-13)30(24,26)27/h2-12H,1H3,(H2,24,26,27). The Hall–Kier alpha value is -2.39. The van der Waals surface area contributed by atoms with Crippen LogP contribution in [0.2, 0.25) is 0 Å². The highest BCUT2D eigenvalue weighted by molar-refractivity contribution is 9.10. The quantitative estimate of drug-likeness (QED) is 0.385. The van der Waals surface area contributed by atoms with Gasteiger partial charge in [-0.3, -0.25) is 4.79 Å². The second-order valence-corrected chi connectivity index (χ2v) is 9.81. The third-order valence-corrected chi connectivity index (χ3v) is 7.33. The Balaban J connectivity index is 2.02. The maximum absolute atomic E-state index is 13.4. The van der Waals surface area contributed by atoms with Gasteiger partial charge in [-0.1, -0.05) is 18.2 Å². The van der Waals surface area contributed by atoms with Crippen molar-refractivity contribution in [2.24, 2.45) is 5.14 Å². The summed E-state index contributed by atoms with van der Waals surface area (Å²) in [6.45, 7) is 0. The van der Waals surface area contributed by atoms with Crippen LogP contribution in [0.25, 0.3) is 33.4 Å². The Morgan fingerprint density at radius 1 is 0.967 bits per heavy atom. The van der Waals surface area contributed by atoms with Gasteiger partial charge in [0.2, 0.25) is 15.5 Å². The molecule has 0 aliphatic carbocycles. The molecule has 30 heavy (non-hydrogen) atoms. The fourth-order valence-electron chi connectivity index (χ4n) is 3.23. The van der Waals surface area contributed by atoms with Gasteiger partial charge < -0.3 is 4.42 Å². The van der Waals surface area contributed by atoms with Gasteiger partial charge in [-0.25, -0.2) is 13.6 Å². The number of para-hydroxylation sites is 1. The van der Waals surface area contributed by atoms with Gasteiger partial charge in [-0.15, -0.1) is 11.8 Å². The Morgan fingerprint density at radius 3 is 2.27 bits per heavy atom. The van der Waals surface area contributed by atoms with Crippen molar-refractivity contribution >= 4 is 48.7 Å². The van der Waals surface area contributed by atoms with Crippen LogP contribution in [0.3, 0.4) is 0 Å². The molecule has 1 aromatic heterocycles. The molecule has 4 aromatic rings. The van der Waals surface area contributed by atoms with Crippen molar-refractivity contribution in [1.29, 1.82) is 0 Å². The molecule has 0 aliphatic heterocycles. The lowest BCUT2D eigenvalue weighted by Crippen LogP contribution is -2.12. The molecule has 0 saturated carbocycles. The van der Waals surface area contributed by atoms with E-state index in [1.165, 1.54) is 12.1 Å². The molecule has 2 N–H and O–H groups in total. The zero-order chi connectivity index (χ0) is 21.5. The van der Waals surface area contributed by atoms with Crippen molar-refractivity contribution in [3.63, 3.8) is 0 Å². The molecular weight excluding hydrogens is 486 g/mol.